The van der Waals surface area contributed by atoms with Crippen molar-refractivity contribution in [2.24, 2.45) is 21.2 Å². The molecule has 4 rings (SSSR count). The lowest BCUT2D eigenvalue weighted by atomic mass is 10.0. The Kier molecular flexibility index (Phi) is 9.74. The Morgan fingerprint density at radius 3 is 2.30 bits per heavy atom. The average Bonchev–Trinajstić information content (AvgIpc) is 2.94. The summed E-state index contributed by atoms with van der Waals surface area (Å²) >= 11 is 0. The molecule has 0 saturated carbocycles. The van der Waals surface area contributed by atoms with Crippen LogP contribution in [-0.4, -0.2) is 48.4 Å². The summed E-state index contributed by atoms with van der Waals surface area (Å²) in [6.45, 7) is 9.16. The Labute approximate surface area is 221 Å². The van der Waals surface area contributed by atoms with Gasteiger partial charge in [0.15, 0.2) is 5.84 Å². The third-order valence-electron chi connectivity index (χ3n) is 6.94. The number of hydrogen-bond acceptors (Lipinski definition) is 4. The highest BCUT2D eigenvalue weighted by molar-refractivity contribution is 5.91. The van der Waals surface area contributed by atoms with Gasteiger partial charge in [0.2, 0.25) is 0 Å². The van der Waals surface area contributed by atoms with Crippen LogP contribution in [0.15, 0.2) is 100 Å². The fraction of sp³-hybridized carbons (Fsp3) is 0.323. The Morgan fingerprint density at radius 2 is 1.62 bits per heavy atom. The number of benzene rings is 3. The third-order valence-corrected chi connectivity index (χ3v) is 6.94. The molecule has 0 aromatic heterocycles. The quantitative estimate of drug-likeness (QED) is 0.123. The SMILES string of the molecule is CCc1cccc(C)c1N=C(N=NN)[C@H](c1ccccc1)N1CCN(CC/C=C/c2ccccc2)CC1. The topological polar surface area (TPSA) is 69.6 Å². The lowest BCUT2D eigenvalue weighted by Gasteiger charge is -2.39. The van der Waals surface area contributed by atoms with Gasteiger partial charge in [0.1, 0.15) is 0 Å². The Morgan fingerprint density at radius 1 is 0.919 bits per heavy atom. The van der Waals surface area contributed by atoms with Crippen molar-refractivity contribution in [3.05, 3.63) is 107 Å². The first kappa shape index (κ1) is 26.5. The van der Waals surface area contributed by atoms with E-state index in [1.165, 1.54) is 11.1 Å². The second-order valence-corrected chi connectivity index (χ2v) is 9.41. The smallest absolute Gasteiger partial charge is 0.175 e. The van der Waals surface area contributed by atoms with Gasteiger partial charge in [-0.3, -0.25) is 4.90 Å². The van der Waals surface area contributed by atoms with Gasteiger partial charge in [0, 0.05) is 32.7 Å². The number of aliphatic imine (C=N–C) groups is 1. The van der Waals surface area contributed by atoms with Gasteiger partial charge in [0.05, 0.1) is 11.7 Å². The summed E-state index contributed by atoms with van der Waals surface area (Å²) in [4.78, 5) is 10.1. The number of rotatable bonds is 9. The van der Waals surface area contributed by atoms with Crippen LogP contribution in [0.1, 0.15) is 41.6 Å². The van der Waals surface area contributed by atoms with E-state index in [-0.39, 0.29) is 6.04 Å². The molecule has 192 valence electrons. The summed E-state index contributed by atoms with van der Waals surface area (Å²) in [5.41, 5.74) is 5.70. The summed E-state index contributed by atoms with van der Waals surface area (Å²) in [5.74, 6) is 6.25. The number of aryl methyl sites for hydroxylation is 2. The standard InChI is InChI=1S/C31H38N6/c1-3-27-19-12-13-25(2)29(27)33-31(34-35-32)30(28-17-8-5-9-18-28)37-23-21-36(22-24-37)20-11-10-16-26-14-6-4-7-15-26/h4-10,12-19,30H,3,11,20-24H2,1-2H3,(H2,32,33,34)/b16-10+/t30-/m0/s1. The summed E-state index contributed by atoms with van der Waals surface area (Å²) in [5, 5.41) is 8.08. The molecule has 6 nitrogen and oxygen atoms in total. The molecular formula is C31H38N6. The largest absolute Gasteiger partial charge is 0.305 e. The fourth-order valence-corrected chi connectivity index (χ4v) is 4.92. The van der Waals surface area contributed by atoms with Crippen LogP contribution in [0.3, 0.4) is 0 Å². The van der Waals surface area contributed by atoms with Gasteiger partial charge < -0.3 is 10.7 Å². The molecule has 1 heterocycles. The van der Waals surface area contributed by atoms with Gasteiger partial charge in [-0.2, -0.15) is 0 Å². The van der Waals surface area contributed by atoms with E-state index in [2.05, 4.69) is 113 Å². The van der Waals surface area contributed by atoms with Crippen molar-refractivity contribution < 1.29 is 0 Å². The summed E-state index contributed by atoms with van der Waals surface area (Å²) in [6.07, 6.45) is 6.42. The molecule has 0 radical (unpaired) electrons. The first-order valence-electron chi connectivity index (χ1n) is 13.2. The van der Waals surface area contributed by atoms with Crippen molar-refractivity contribution in [3.63, 3.8) is 0 Å². The maximum atomic E-state index is 5.61. The molecule has 0 unspecified atom stereocenters. The zero-order valence-electron chi connectivity index (χ0n) is 22.0. The molecule has 0 spiro atoms. The van der Waals surface area contributed by atoms with Crippen molar-refractivity contribution in [2.75, 3.05) is 32.7 Å². The molecule has 1 aliphatic heterocycles. The molecule has 3 aromatic carbocycles. The molecule has 1 fully saturated rings. The molecule has 1 aliphatic rings. The number of nitrogens with two attached hydrogens (primary N) is 1. The van der Waals surface area contributed by atoms with E-state index >= 15 is 0 Å². The van der Waals surface area contributed by atoms with Crippen molar-refractivity contribution in [1.29, 1.82) is 0 Å². The van der Waals surface area contributed by atoms with Crippen LogP contribution in [0.2, 0.25) is 0 Å². The van der Waals surface area contributed by atoms with Crippen LogP contribution >= 0.6 is 0 Å². The van der Waals surface area contributed by atoms with Gasteiger partial charge in [-0.15, -0.1) is 5.11 Å². The number of amidine groups is 1. The lowest BCUT2D eigenvalue weighted by molar-refractivity contribution is 0.118. The number of nitrogens with zero attached hydrogens (tertiary/aromatic N) is 5. The van der Waals surface area contributed by atoms with Gasteiger partial charge in [-0.25, -0.2) is 4.99 Å². The maximum absolute atomic E-state index is 5.61. The van der Waals surface area contributed by atoms with Gasteiger partial charge >= 0.3 is 0 Å². The monoisotopic (exact) mass is 494 g/mol. The highest BCUT2D eigenvalue weighted by Crippen LogP contribution is 2.30. The van der Waals surface area contributed by atoms with Crippen LogP contribution in [0, 0.1) is 6.92 Å². The van der Waals surface area contributed by atoms with E-state index in [0.717, 1.165) is 62.4 Å². The predicted octanol–water partition coefficient (Wildman–Crippen LogP) is 6.38. The van der Waals surface area contributed by atoms with E-state index in [1.807, 2.05) is 12.1 Å². The first-order chi connectivity index (χ1) is 18.2. The molecule has 0 bridgehead atoms. The number of para-hydroxylation sites is 1. The van der Waals surface area contributed by atoms with E-state index in [9.17, 15) is 0 Å². The van der Waals surface area contributed by atoms with Crippen LogP contribution in [0.4, 0.5) is 5.69 Å². The average molecular weight is 495 g/mol. The van der Waals surface area contributed by atoms with Crippen molar-refractivity contribution in [2.45, 2.75) is 32.7 Å². The molecule has 3 aromatic rings. The molecule has 2 N–H and O–H groups in total. The third kappa shape index (κ3) is 7.21. The molecule has 6 heteroatoms. The Balaban J connectivity index is 1.51. The molecule has 37 heavy (non-hydrogen) atoms. The summed E-state index contributed by atoms with van der Waals surface area (Å²) in [7, 11) is 0. The van der Waals surface area contributed by atoms with Crippen LogP contribution < -0.4 is 5.84 Å². The van der Waals surface area contributed by atoms with Crippen LogP contribution in [0.5, 0.6) is 0 Å². The van der Waals surface area contributed by atoms with Gasteiger partial charge in [-0.1, -0.05) is 103 Å². The van der Waals surface area contributed by atoms with Gasteiger partial charge in [-0.05, 0) is 42.0 Å². The minimum Gasteiger partial charge on any atom is -0.305 e. The first-order valence-corrected chi connectivity index (χ1v) is 13.2. The lowest BCUT2D eigenvalue weighted by Crippen LogP contribution is -2.49. The number of hydrogen-bond donors (Lipinski definition) is 1. The van der Waals surface area contributed by atoms with E-state index in [1.54, 1.807) is 0 Å². The molecule has 1 saturated heterocycles. The summed E-state index contributed by atoms with van der Waals surface area (Å²) in [6, 6.07) is 27.1. The second-order valence-electron chi connectivity index (χ2n) is 9.41. The molecule has 0 aliphatic carbocycles. The van der Waals surface area contributed by atoms with E-state index in [4.69, 9.17) is 10.8 Å². The number of piperazine rings is 1. The van der Waals surface area contributed by atoms with E-state index < -0.39 is 0 Å². The second kappa shape index (κ2) is 13.6. The highest BCUT2D eigenvalue weighted by Gasteiger charge is 2.29. The van der Waals surface area contributed by atoms with Crippen LogP contribution in [0.25, 0.3) is 6.08 Å². The maximum Gasteiger partial charge on any atom is 0.175 e. The predicted molar refractivity (Wildman–Crippen MR) is 154 cm³/mol. The minimum absolute atomic E-state index is 0.113. The Hall–Kier alpha value is -3.61. The van der Waals surface area contributed by atoms with Crippen LogP contribution in [-0.2, 0) is 6.42 Å². The molecule has 0 amide bonds. The fourth-order valence-electron chi connectivity index (χ4n) is 4.92. The Bertz CT molecular complexity index is 1190. The zero-order chi connectivity index (χ0) is 25.9. The van der Waals surface area contributed by atoms with Crippen molar-refractivity contribution in [3.8, 4) is 0 Å². The molecule has 1 atom stereocenters. The van der Waals surface area contributed by atoms with Crippen molar-refractivity contribution in [1.82, 2.24) is 9.80 Å². The van der Waals surface area contributed by atoms with Gasteiger partial charge in [0.25, 0.3) is 0 Å². The zero-order valence-corrected chi connectivity index (χ0v) is 22.0. The summed E-state index contributed by atoms with van der Waals surface area (Å²) < 4.78 is 0. The van der Waals surface area contributed by atoms with Crippen molar-refractivity contribution >= 4 is 17.6 Å². The normalized spacial score (nSPS) is 16.5. The molecular weight excluding hydrogens is 456 g/mol. The minimum atomic E-state index is -0.113. The highest BCUT2D eigenvalue weighted by atomic mass is 15.4. The van der Waals surface area contributed by atoms with E-state index in [0.29, 0.717) is 5.84 Å².